The molecule has 0 saturated carbocycles. The van der Waals surface area contributed by atoms with E-state index in [9.17, 15) is 4.79 Å². The van der Waals surface area contributed by atoms with Gasteiger partial charge in [0.2, 0.25) is 0 Å². The van der Waals surface area contributed by atoms with Gasteiger partial charge in [-0.05, 0) is 25.0 Å². The van der Waals surface area contributed by atoms with E-state index in [0.717, 1.165) is 5.56 Å². The van der Waals surface area contributed by atoms with Crippen molar-refractivity contribution in [2.45, 2.75) is 27.7 Å². The van der Waals surface area contributed by atoms with E-state index >= 15 is 0 Å². The fourth-order valence-electron chi connectivity index (χ4n) is 1.83. The van der Waals surface area contributed by atoms with Crippen molar-refractivity contribution in [2.75, 3.05) is 0 Å². The van der Waals surface area contributed by atoms with Crippen molar-refractivity contribution in [1.82, 2.24) is 0 Å². The van der Waals surface area contributed by atoms with Crippen LogP contribution in [0.5, 0.6) is 0 Å². The van der Waals surface area contributed by atoms with E-state index < -0.39 is 0 Å². The van der Waals surface area contributed by atoms with Gasteiger partial charge in [0.15, 0.2) is 0 Å². The summed E-state index contributed by atoms with van der Waals surface area (Å²) in [6.07, 6.45) is 8.25. The molecule has 1 aliphatic carbocycles. The Bertz CT molecular complexity index is 547. The Labute approximate surface area is 102 Å². The zero-order chi connectivity index (χ0) is 12.6. The van der Waals surface area contributed by atoms with Gasteiger partial charge in [0, 0.05) is 16.5 Å². The second kappa shape index (κ2) is 4.02. The Hall–Kier alpha value is -1.57. The summed E-state index contributed by atoms with van der Waals surface area (Å²) >= 11 is 0. The molecular weight excluding hydrogens is 212 g/mol. The highest BCUT2D eigenvalue weighted by Gasteiger charge is 2.24. The van der Waals surface area contributed by atoms with Crippen molar-refractivity contribution in [3.8, 4) is 0 Å². The standard InChI is InChI=1S/C15H18O2/c1-10(2)15(4)7-5-12-9-11(3)14(16)17-13(12)6-8-15/h5-10H,1-4H3. The molecule has 0 N–H and O–H groups in total. The summed E-state index contributed by atoms with van der Waals surface area (Å²) in [5, 5.41) is 0. The van der Waals surface area contributed by atoms with Crippen LogP contribution in [0.25, 0.3) is 12.2 Å². The quantitative estimate of drug-likeness (QED) is 0.737. The maximum absolute atomic E-state index is 11.5. The summed E-state index contributed by atoms with van der Waals surface area (Å²) in [7, 11) is 0. The van der Waals surface area contributed by atoms with E-state index in [2.05, 4.69) is 32.9 Å². The maximum Gasteiger partial charge on any atom is 0.339 e. The lowest BCUT2D eigenvalue weighted by molar-refractivity contribution is 0.386. The average molecular weight is 230 g/mol. The molecule has 0 fully saturated rings. The summed E-state index contributed by atoms with van der Waals surface area (Å²) in [4.78, 5) is 11.5. The zero-order valence-electron chi connectivity index (χ0n) is 10.8. The van der Waals surface area contributed by atoms with Crippen LogP contribution in [-0.2, 0) is 0 Å². The molecule has 0 aliphatic heterocycles. The number of fused-ring (bicyclic) bond motifs is 1. The predicted octanol–water partition coefficient (Wildman–Crippen LogP) is 3.65. The third-order valence-corrected chi connectivity index (χ3v) is 3.64. The Morgan fingerprint density at radius 1 is 1.24 bits per heavy atom. The van der Waals surface area contributed by atoms with Crippen molar-refractivity contribution in [3.05, 3.63) is 45.5 Å². The van der Waals surface area contributed by atoms with Crippen LogP contribution in [0.15, 0.2) is 27.4 Å². The van der Waals surface area contributed by atoms with Crippen molar-refractivity contribution < 1.29 is 4.42 Å². The molecule has 0 saturated heterocycles. The van der Waals surface area contributed by atoms with Crippen LogP contribution in [0.4, 0.5) is 0 Å². The van der Waals surface area contributed by atoms with Crippen LogP contribution in [-0.4, -0.2) is 0 Å². The maximum atomic E-state index is 11.5. The second-order valence-corrected chi connectivity index (χ2v) is 5.22. The first kappa shape index (κ1) is 11.9. The molecule has 0 spiro atoms. The van der Waals surface area contributed by atoms with Crippen molar-refractivity contribution in [3.63, 3.8) is 0 Å². The smallest absolute Gasteiger partial charge is 0.339 e. The van der Waals surface area contributed by atoms with E-state index in [-0.39, 0.29) is 11.0 Å². The van der Waals surface area contributed by atoms with Gasteiger partial charge < -0.3 is 4.42 Å². The lowest BCUT2D eigenvalue weighted by atomic mass is 9.79. The summed E-state index contributed by atoms with van der Waals surface area (Å²) in [6, 6.07) is 1.88. The molecule has 17 heavy (non-hydrogen) atoms. The van der Waals surface area contributed by atoms with Gasteiger partial charge in [0.05, 0.1) is 0 Å². The monoisotopic (exact) mass is 230 g/mol. The van der Waals surface area contributed by atoms with Gasteiger partial charge in [0.1, 0.15) is 5.76 Å². The third-order valence-electron chi connectivity index (χ3n) is 3.64. The summed E-state index contributed by atoms with van der Waals surface area (Å²) in [5.41, 5.74) is 1.37. The zero-order valence-corrected chi connectivity index (χ0v) is 10.8. The third kappa shape index (κ3) is 2.12. The van der Waals surface area contributed by atoms with E-state index in [1.54, 1.807) is 6.92 Å². The number of allylic oxidation sites excluding steroid dienone is 2. The van der Waals surface area contributed by atoms with Crippen LogP contribution in [0, 0.1) is 18.3 Å². The number of rotatable bonds is 1. The van der Waals surface area contributed by atoms with Crippen molar-refractivity contribution >= 4 is 12.2 Å². The fourth-order valence-corrected chi connectivity index (χ4v) is 1.83. The van der Waals surface area contributed by atoms with E-state index in [0.29, 0.717) is 17.2 Å². The Balaban J connectivity index is 2.56. The van der Waals surface area contributed by atoms with Gasteiger partial charge in [0.25, 0.3) is 0 Å². The Kier molecular flexibility index (Phi) is 2.82. The van der Waals surface area contributed by atoms with E-state index in [1.165, 1.54) is 0 Å². The second-order valence-electron chi connectivity index (χ2n) is 5.22. The van der Waals surface area contributed by atoms with Crippen LogP contribution >= 0.6 is 0 Å². The molecule has 1 aromatic heterocycles. The van der Waals surface area contributed by atoms with Crippen LogP contribution in [0.3, 0.4) is 0 Å². The molecule has 0 bridgehead atoms. The fraction of sp³-hybridized carbons (Fsp3) is 0.400. The topological polar surface area (TPSA) is 30.2 Å². The van der Waals surface area contributed by atoms with Crippen molar-refractivity contribution in [1.29, 1.82) is 0 Å². The lowest BCUT2D eigenvalue weighted by Gasteiger charge is -2.25. The summed E-state index contributed by atoms with van der Waals surface area (Å²) in [6.45, 7) is 8.33. The first-order chi connectivity index (χ1) is 7.92. The molecule has 1 aromatic rings. The molecule has 1 unspecified atom stereocenters. The molecule has 1 atom stereocenters. The lowest BCUT2D eigenvalue weighted by Crippen LogP contribution is -2.16. The normalized spacial score (nSPS) is 22.6. The van der Waals surface area contributed by atoms with Crippen LogP contribution in [0.1, 0.15) is 37.7 Å². The molecule has 0 aromatic carbocycles. The minimum Gasteiger partial charge on any atom is -0.423 e. The van der Waals surface area contributed by atoms with Crippen LogP contribution in [0.2, 0.25) is 0 Å². The molecule has 2 rings (SSSR count). The van der Waals surface area contributed by atoms with Crippen LogP contribution < -0.4 is 5.63 Å². The van der Waals surface area contributed by atoms with E-state index in [4.69, 9.17) is 4.42 Å². The highest BCUT2D eigenvalue weighted by Crippen LogP contribution is 2.34. The Morgan fingerprint density at radius 3 is 2.53 bits per heavy atom. The minimum absolute atomic E-state index is 0.00545. The first-order valence-electron chi connectivity index (χ1n) is 5.95. The van der Waals surface area contributed by atoms with E-state index in [1.807, 2.05) is 18.2 Å². The highest BCUT2D eigenvalue weighted by molar-refractivity contribution is 5.65. The Morgan fingerprint density at radius 2 is 1.88 bits per heavy atom. The van der Waals surface area contributed by atoms with Gasteiger partial charge in [-0.15, -0.1) is 0 Å². The molecule has 90 valence electrons. The molecular formula is C15H18O2. The van der Waals surface area contributed by atoms with Gasteiger partial charge in [-0.2, -0.15) is 0 Å². The number of hydrogen-bond donors (Lipinski definition) is 0. The molecule has 1 aliphatic rings. The summed E-state index contributed by atoms with van der Waals surface area (Å²) < 4.78 is 5.29. The number of hydrogen-bond acceptors (Lipinski definition) is 2. The molecule has 0 radical (unpaired) electrons. The SMILES string of the molecule is Cc1cc2c(oc1=O)C=CC(C)(C(C)C)C=C2. The average Bonchev–Trinajstić information content (AvgIpc) is 2.42. The molecule has 2 nitrogen and oxygen atoms in total. The number of aryl methyl sites for hydroxylation is 1. The molecule has 0 amide bonds. The van der Waals surface area contributed by atoms with Gasteiger partial charge in [-0.25, -0.2) is 4.79 Å². The van der Waals surface area contributed by atoms with Gasteiger partial charge in [-0.3, -0.25) is 0 Å². The highest BCUT2D eigenvalue weighted by atomic mass is 16.4. The largest absolute Gasteiger partial charge is 0.423 e. The predicted molar refractivity (Wildman–Crippen MR) is 70.7 cm³/mol. The molecule has 2 heteroatoms. The first-order valence-corrected chi connectivity index (χ1v) is 5.95. The molecule has 1 heterocycles. The minimum atomic E-state index is -0.255. The van der Waals surface area contributed by atoms with Crippen molar-refractivity contribution in [2.24, 2.45) is 11.3 Å². The summed E-state index contributed by atoms with van der Waals surface area (Å²) in [5.74, 6) is 1.15. The van der Waals surface area contributed by atoms with Gasteiger partial charge >= 0.3 is 5.63 Å². The van der Waals surface area contributed by atoms with Gasteiger partial charge in [-0.1, -0.05) is 39.0 Å².